The van der Waals surface area contributed by atoms with Gasteiger partial charge in [0.2, 0.25) is 21.8 Å². The van der Waals surface area contributed by atoms with Gasteiger partial charge >= 0.3 is 0 Å². The van der Waals surface area contributed by atoms with Crippen LogP contribution in [0.3, 0.4) is 0 Å². The number of likely N-dealkylation sites (tertiary alicyclic amines) is 1. The molecule has 0 spiro atoms. The molecule has 1 aromatic carbocycles. The predicted octanol–water partition coefficient (Wildman–Crippen LogP) is 1.46. The summed E-state index contributed by atoms with van der Waals surface area (Å²) in [6.07, 6.45) is 5.07. The number of sulfonamides is 1. The fourth-order valence-corrected chi connectivity index (χ4v) is 4.57. The van der Waals surface area contributed by atoms with E-state index in [4.69, 9.17) is 0 Å². The number of anilines is 1. The fraction of sp³-hybridized carbons (Fsp3) is 0.579. The Bertz CT molecular complexity index is 786. The summed E-state index contributed by atoms with van der Waals surface area (Å²) in [6, 6.07) is 7.30. The monoisotopic (exact) mass is 393 g/mol. The Morgan fingerprint density at radius 2 is 1.74 bits per heavy atom. The van der Waals surface area contributed by atoms with Gasteiger partial charge in [0.25, 0.3) is 0 Å². The Morgan fingerprint density at radius 1 is 1.07 bits per heavy atom. The number of benzene rings is 1. The van der Waals surface area contributed by atoms with Gasteiger partial charge in [-0.3, -0.25) is 9.59 Å². The van der Waals surface area contributed by atoms with Gasteiger partial charge < -0.3 is 10.2 Å². The van der Waals surface area contributed by atoms with Crippen molar-refractivity contribution in [3.05, 3.63) is 29.8 Å². The van der Waals surface area contributed by atoms with E-state index in [0.29, 0.717) is 31.5 Å². The first-order chi connectivity index (χ1) is 12.8. The van der Waals surface area contributed by atoms with Crippen molar-refractivity contribution in [1.29, 1.82) is 0 Å². The van der Waals surface area contributed by atoms with E-state index >= 15 is 0 Å². The number of hydrogen-bond acceptors (Lipinski definition) is 4. The molecule has 7 nitrogen and oxygen atoms in total. The number of nitrogens with zero attached hydrogens (tertiary/aromatic N) is 2. The molecule has 2 saturated heterocycles. The highest BCUT2D eigenvalue weighted by molar-refractivity contribution is 7.88. The standard InChI is InChI=1S/C19H27N3O4S/c1-27(25,26)22-12-4-5-16(14-22)19(24)20-17-8-6-15(7-9-17)13-18(23)21-10-2-3-11-21/h6-9,16H,2-5,10-14H2,1H3,(H,20,24)/t16-/m1/s1. The fourth-order valence-electron chi connectivity index (χ4n) is 3.66. The van der Waals surface area contributed by atoms with Crippen LogP contribution in [0, 0.1) is 5.92 Å². The van der Waals surface area contributed by atoms with Crippen molar-refractivity contribution in [2.45, 2.75) is 32.1 Å². The summed E-state index contributed by atoms with van der Waals surface area (Å²) in [6.45, 7) is 2.40. The first-order valence-corrected chi connectivity index (χ1v) is 11.3. The topological polar surface area (TPSA) is 86.8 Å². The van der Waals surface area contributed by atoms with Gasteiger partial charge in [-0.05, 0) is 43.4 Å². The maximum Gasteiger partial charge on any atom is 0.228 e. The van der Waals surface area contributed by atoms with Gasteiger partial charge in [0, 0.05) is 31.9 Å². The van der Waals surface area contributed by atoms with Crippen molar-refractivity contribution in [2.75, 3.05) is 37.8 Å². The molecule has 0 unspecified atom stereocenters. The van der Waals surface area contributed by atoms with E-state index in [-0.39, 0.29) is 24.3 Å². The minimum absolute atomic E-state index is 0.146. The molecule has 0 bridgehead atoms. The molecule has 3 rings (SSSR count). The highest BCUT2D eigenvalue weighted by Gasteiger charge is 2.30. The van der Waals surface area contributed by atoms with Crippen LogP contribution in [-0.2, 0) is 26.0 Å². The first kappa shape index (κ1) is 19.8. The zero-order valence-electron chi connectivity index (χ0n) is 15.7. The van der Waals surface area contributed by atoms with Crippen molar-refractivity contribution < 1.29 is 18.0 Å². The lowest BCUT2D eigenvalue weighted by Gasteiger charge is -2.30. The highest BCUT2D eigenvalue weighted by Crippen LogP contribution is 2.21. The maximum atomic E-state index is 12.5. The Hall–Kier alpha value is -1.93. The van der Waals surface area contributed by atoms with Crippen LogP contribution in [0.2, 0.25) is 0 Å². The predicted molar refractivity (Wildman–Crippen MR) is 104 cm³/mol. The molecule has 2 amide bonds. The smallest absolute Gasteiger partial charge is 0.228 e. The van der Waals surface area contributed by atoms with Crippen LogP contribution in [0.4, 0.5) is 5.69 Å². The Morgan fingerprint density at radius 3 is 2.37 bits per heavy atom. The third kappa shape index (κ3) is 5.29. The van der Waals surface area contributed by atoms with Crippen LogP contribution in [0.15, 0.2) is 24.3 Å². The van der Waals surface area contributed by atoms with E-state index in [0.717, 1.165) is 31.5 Å². The van der Waals surface area contributed by atoms with E-state index in [2.05, 4.69) is 5.32 Å². The van der Waals surface area contributed by atoms with Crippen molar-refractivity contribution in [1.82, 2.24) is 9.21 Å². The molecule has 148 valence electrons. The average molecular weight is 394 g/mol. The third-order valence-corrected chi connectivity index (χ3v) is 6.53. The van der Waals surface area contributed by atoms with Gasteiger partial charge in [0.1, 0.15) is 0 Å². The van der Waals surface area contributed by atoms with Gasteiger partial charge in [0.15, 0.2) is 0 Å². The van der Waals surface area contributed by atoms with E-state index in [1.54, 1.807) is 12.1 Å². The number of piperidine rings is 1. The molecule has 1 atom stereocenters. The molecule has 2 aliphatic rings. The van der Waals surface area contributed by atoms with E-state index in [1.165, 1.54) is 10.6 Å². The number of carbonyl (C=O) groups excluding carboxylic acids is 2. The molecule has 2 fully saturated rings. The highest BCUT2D eigenvalue weighted by atomic mass is 32.2. The molecule has 2 heterocycles. The first-order valence-electron chi connectivity index (χ1n) is 9.45. The molecular weight excluding hydrogens is 366 g/mol. The molecule has 0 saturated carbocycles. The van der Waals surface area contributed by atoms with Crippen LogP contribution < -0.4 is 5.32 Å². The Kier molecular flexibility index (Phi) is 6.16. The largest absolute Gasteiger partial charge is 0.342 e. The van der Waals surface area contributed by atoms with Crippen LogP contribution >= 0.6 is 0 Å². The van der Waals surface area contributed by atoms with Crippen molar-refractivity contribution >= 4 is 27.5 Å². The molecule has 0 radical (unpaired) electrons. The maximum absolute atomic E-state index is 12.5. The van der Waals surface area contributed by atoms with Gasteiger partial charge in [-0.1, -0.05) is 12.1 Å². The quantitative estimate of drug-likeness (QED) is 0.821. The molecule has 1 aromatic rings. The lowest BCUT2D eigenvalue weighted by molar-refractivity contribution is -0.129. The summed E-state index contributed by atoms with van der Waals surface area (Å²) < 4.78 is 24.8. The van der Waals surface area contributed by atoms with Crippen molar-refractivity contribution in [3.8, 4) is 0 Å². The second-order valence-electron chi connectivity index (χ2n) is 7.41. The molecular formula is C19H27N3O4S. The molecule has 1 N–H and O–H groups in total. The van der Waals surface area contributed by atoms with Gasteiger partial charge in [-0.25, -0.2) is 12.7 Å². The van der Waals surface area contributed by atoms with Gasteiger partial charge in [-0.15, -0.1) is 0 Å². The number of rotatable bonds is 5. The molecule has 0 aromatic heterocycles. The van der Waals surface area contributed by atoms with Gasteiger partial charge in [0.05, 0.1) is 18.6 Å². The second kappa shape index (κ2) is 8.39. The Balaban J connectivity index is 1.54. The minimum Gasteiger partial charge on any atom is -0.342 e. The summed E-state index contributed by atoms with van der Waals surface area (Å²) >= 11 is 0. The average Bonchev–Trinajstić information content (AvgIpc) is 3.17. The zero-order valence-corrected chi connectivity index (χ0v) is 16.5. The molecule has 2 aliphatic heterocycles. The lowest BCUT2D eigenvalue weighted by Crippen LogP contribution is -2.43. The van der Waals surface area contributed by atoms with Gasteiger partial charge in [-0.2, -0.15) is 0 Å². The summed E-state index contributed by atoms with van der Waals surface area (Å²) in [7, 11) is -3.27. The van der Waals surface area contributed by atoms with E-state index in [1.807, 2.05) is 17.0 Å². The Labute approximate surface area is 160 Å². The summed E-state index contributed by atoms with van der Waals surface area (Å²) in [5, 5.41) is 2.86. The number of carbonyl (C=O) groups is 2. The minimum atomic E-state index is -3.27. The second-order valence-corrected chi connectivity index (χ2v) is 9.39. The van der Waals surface area contributed by atoms with E-state index in [9.17, 15) is 18.0 Å². The van der Waals surface area contributed by atoms with E-state index < -0.39 is 10.0 Å². The number of amides is 2. The summed E-state index contributed by atoms with van der Waals surface area (Å²) in [5.74, 6) is -0.360. The SMILES string of the molecule is CS(=O)(=O)N1CCC[C@@H](C(=O)Nc2ccc(CC(=O)N3CCCC3)cc2)C1. The van der Waals surface area contributed by atoms with Crippen LogP contribution in [0.25, 0.3) is 0 Å². The molecule has 27 heavy (non-hydrogen) atoms. The molecule has 0 aliphatic carbocycles. The van der Waals surface area contributed by atoms with Crippen molar-refractivity contribution in [2.24, 2.45) is 5.92 Å². The van der Waals surface area contributed by atoms with Crippen molar-refractivity contribution in [3.63, 3.8) is 0 Å². The third-order valence-electron chi connectivity index (χ3n) is 5.26. The number of nitrogens with one attached hydrogen (secondary N) is 1. The van der Waals surface area contributed by atoms with Crippen LogP contribution in [0.1, 0.15) is 31.2 Å². The normalized spacial score (nSPS) is 21.2. The molecule has 8 heteroatoms. The zero-order chi connectivity index (χ0) is 19.4. The summed E-state index contributed by atoms with van der Waals surface area (Å²) in [4.78, 5) is 26.6. The number of hydrogen-bond donors (Lipinski definition) is 1. The van der Waals surface area contributed by atoms with Crippen LogP contribution in [-0.4, -0.2) is 61.9 Å². The lowest BCUT2D eigenvalue weighted by atomic mass is 9.98. The van der Waals surface area contributed by atoms with Crippen LogP contribution in [0.5, 0.6) is 0 Å². The summed E-state index contributed by atoms with van der Waals surface area (Å²) in [5.41, 5.74) is 1.58.